The fraction of sp³-hybridized carbons (Fsp3) is 0.500. The minimum Gasteiger partial charge on any atom is -0.0696 e. The van der Waals surface area contributed by atoms with Gasteiger partial charge in [0, 0.05) is 8.07 Å². The highest BCUT2D eigenvalue weighted by molar-refractivity contribution is 6.87. The summed E-state index contributed by atoms with van der Waals surface area (Å²) in [6.07, 6.45) is 1.39. The van der Waals surface area contributed by atoms with Crippen LogP contribution in [-0.2, 0) is 0 Å². The van der Waals surface area contributed by atoms with Crippen LogP contribution in [0.2, 0.25) is 24.8 Å². The molecule has 1 atom stereocenters. The molecule has 0 N–H and O–H groups in total. The van der Waals surface area contributed by atoms with Crippen molar-refractivity contribution >= 4 is 22.8 Å². The molecular formula is C12H22Si2. The average Bonchev–Trinajstić information content (AvgIpc) is 2.14. The maximum absolute atomic E-state index is 2.51. The molecule has 1 aromatic carbocycles. The number of benzene rings is 1. The van der Waals surface area contributed by atoms with E-state index in [1.165, 1.54) is 6.42 Å². The fourth-order valence-corrected chi connectivity index (χ4v) is 7.74. The minimum absolute atomic E-state index is 0.0399. The normalized spacial score (nSPS) is 14.9. The van der Waals surface area contributed by atoms with Gasteiger partial charge in [0.1, 0.15) is 0 Å². The second-order valence-electron chi connectivity index (χ2n) is 5.16. The summed E-state index contributed by atoms with van der Waals surface area (Å²) < 4.78 is 0. The third-order valence-corrected chi connectivity index (χ3v) is 12.2. The predicted octanol–water partition coefficient (Wildman–Crippen LogP) is 2.56. The summed E-state index contributed by atoms with van der Waals surface area (Å²) in [4.78, 5) is 0. The van der Waals surface area contributed by atoms with Crippen LogP contribution in [0.15, 0.2) is 30.3 Å². The van der Waals surface area contributed by atoms with Gasteiger partial charge in [-0.05, 0) is 0 Å². The van der Waals surface area contributed by atoms with Gasteiger partial charge in [-0.3, -0.25) is 0 Å². The molecule has 0 aliphatic carbocycles. The van der Waals surface area contributed by atoms with E-state index in [4.69, 9.17) is 0 Å². The molecule has 78 valence electrons. The Bertz CT molecular complexity index is 261. The number of hydrogen-bond donors (Lipinski definition) is 0. The zero-order valence-electron chi connectivity index (χ0n) is 9.88. The maximum atomic E-state index is 2.51. The van der Waals surface area contributed by atoms with Gasteiger partial charge < -0.3 is 0 Å². The summed E-state index contributed by atoms with van der Waals surface area (Å²) in [6, 6.07) is 11.1. The van der Waals surface area contributed by atoms with Crippen LogP contribution in [0.3, 0.4) is 0 Å². The van der Waals surface area contributed by atoms with Crippen LogP contribution in [0, 0.1) is 0 Å². The fourth-order valence-electron chi connectivity index (χ4n) is 1.96. The zero-order valence-corrected chi connectivity index (χ0v) is 12.3. The molecule has 0 heterocycles. The van der Waals surface area contributed by atoms with Crippen molar-refractivity contribution in [1.82, 2.24) is 0 Å². The van der Waals surface area contributed by atoms with E-state index in [0.717, 1.165) is 5.16 Å². The Balaban J connectivity index is 2.67. The van der Waals surface area contributed by atoms with Crippen molar-refractivity contribution in [1.29, 1.82) is 0 Å². The largest absolute Gasteiger partial charge is 0.0696 e. The van der Waals surface area contributed by atoms with E-state index in [1.807, 2.05) is 0 Å². The molecule has 0 aromatic heterocycles. The first kappa shape index (κ1) is 11.7. The highest BCUT2D eigenvalue weighted by Gasteiger charge is 2.25. The first-order valence-electron chi connectivity index (χ1n) is 5.58. The summed E-state index contributed by atoms with van der Waals surface area (Å²) in [6.45, 7) is 9.89. The lowest BCUT2D eigenvalue weighted by atomic mass is 10.4. The van der Waals surface area contributed by atoms with Gasteiger partial charge in [0.25, 0.3) is 0 Å². The molecule has 1 unspecified atom stereocenters. The van der Waals surface area contributed by atoms with Gasteiger partial charge in [-0.15, -0.1) is 0 Å². The Morgan fingerprint density at radius 2 is 1.71 bits per heavy atom. The SMILES string of the molecule is CCC([SiH2]c1ccccc1)[Si](C)(C)C. The second-order valence-corrected chi connectivity index (χ2v) is 13.7. The van der Waals surface area contributed by atoms with Crippen molar-refractivity contribution in [2.45, 2.75) is 38.2 Å². The van der Waals surface area contributed by atoms with E-state index in [1.54, 1.807) is 5.19 Å². The van der Waals surface area contributed by atoms with Crippen molar-refractivity contribution in [3.8, 4) is 0 Å². The van der Waals surface area contributed by atoms with Crippen LogP contribution >= 0.6 is 0 Å². The van der Waals surface area contributed by atoms with Crippen molar-refractivity contribution in [2.75, 3.05) is 0 Å². The molecule has 0 spiro atoms. The molecule has 0 saturated carbocycles. The van der Waals surface area contributed by atoms with Gasteiger partial charge in [0.2, 0.25) is 0 Å². The van der Waals surface area contributed by atoms with E-state index in [9.17, 15) is 0 Å². The summed E-state index contributed by atoms with van der Waals surface area (Å²) >= 11 is 0. The first-order chi connectivity index (χ1) is 6.54. The van der Waals surface area contributed by atoms with Crippen molar-refractivity contribution in [2.24, 2.45) is 0 Å². The molecular weight excluding hydrogens is 200 g/mol. The minimum atomic E-state index is -0.908. The maximum Gasteiger partial charge on any atom is 0.0552 e. The van der Waals surface area contributed by atoms with E-state index in [0.29, 0.717) is 0 Å². The Morgan fingerprint density at radius 1 is 1.14 bits per heavy atom. The van der Waals surface area contributed by atoms with E-state index < -0.39 is 8.07 Å². The van der Waals surface area contributed by atoms with Crippen LogP contribution in [-0.4, -0.2) is 17.6 Å². The van der Waals surface area contributed by atoms with E-state index in [-0.39, 0.29) is 9.52 Å². The molecule has 0 fully saturated rings. The molecule has 1 aromatic rings. The number of hydrogen-bond acceptors (Lipinski definition) is 0. The van der Waals surface area contributed by atoms with Crippen LogP contribution in [0.25, 0.3) is 0 Å². The summed E-state index contributed by atoms with van der Waals surface area (Å²) in [5.74, 6) is 0. The standard InChI is InChI=1S/C12H22Si2/c1-5-12(14(2,3)4)13-11-9-7-6-8-10-11/h6-10,12H,5,13H2,1-4H3. The number of rotatable bonds is 4. The van der Waals surface area contributed by atoms with Crippen molar-refractivity contribution in [3.05, 3.63) is 30.3 Å². The molecule has 0 nitrogen and oxygen atoms in total. The average molecular weight is 222 g/mol. The molecule has 0 saturated heterocycles. The Kier molecular flexibility index (Phi) is 4.14. The van der Waals surface area contributed by atoms with Crippen LogP contribution in [0.1, 0.15) is 13.3 Å². The Labute approximate surface area is 91.6 Å². The highest BCUT2D eigenvalue weighted by atomic mass is 28.4. The topological polar surface area (TPSA) is 0 Å². The van der Waals surface area contributed by atoms with Crippen LogP contribution in [0.4, 0.5) is 0 Å². The van der Waals surface area contributed by atoms with E-state index in [2.05, 4.69) is 56.9 Å². The first-order valence-corrected chi connectivity index (χ1v) is 10.7. The quantitative estimate of drug-likeness (QED) is 0.687. The zero-order chi connectivity index (χ0) is 10.6. The van der Waals surface area contributed by atoms with Crippen LogP contribution in [0.5, 0.6) is 0 Å². The second kappa shape index (κ2) is 4.94. The lowest BCUT2D eigenvalue weighted by Gasteiger charge is -2.27. The lowest BCUT2D eigenvalue weighted by molar-refractivity contribution is 0.980. The molecule has 0 aliphatic heterocycles. The molecule has 0 aliphatic rings. The van der Waals surface area contributed by atoms with E-state index >= 15 is 0 Å². The summed E-state index contributed by atoms with van der Waals surface area (Å²) in [5, 5.41) is 2.70. The molecule has 0 radical (unpaired) electrons. The molecule has 2 heteroatoms. The highest BCUT2D eigenvalue weighted by Crippen LogP contribution is 2.23. The van der Waals surface area contributed by atoms with Crippen molar-refractivity contribution in [3.63, 3.8) is 0 Å². The van der Waals surface area contributed by atoms with Gasteiger partial charge >= 0.3 is 0 Å². The van der Waals surface area contributed by atoms with Gasteiger partial charge in [0.15, 0.2) is 0 Å². The van der Waals surface area contributed by atoms with Crippen LogP contribution < -0.4 is 5.19 Å². The smallest absolute Gasteiger partial charge is 0.0552 e. The van der Waals surface area contributed by atoms with Gasteiger partial charge in [-0.25, -0.2) is 0 Å². The summed E-state index contributed by atoms with van der Waals surface area (Å²) in [7, 11) is -0.948. The Morgan fingerprint density at radius 3 is 2.14 bits per heavy atom. The third-order valence-electron chi connectivity index (χ3n) is 3.04. The summed E-state index contributed by atoms with van der Waals surface area (Å²) in [5.41, 5.74) is 0. The monoisotopic (exact) mass is 222 g/mol. The van der Waals surface area contributed by atoms with Gasteiger partial charge in [-0.1, -0.05) is 73.7 Å². The van der Waals surface area contributed by atoms with Gasteiger partial charge in [-0.2, -0.15) is 0 Å². The van der Waals surface area contributed by atoms with Crippen molar-refractivity contribution < 1.29 is 0 Å². The predicted molar refractivity (Wildman–Crippen MR) is 72.0 cm³/mol. The third kappa shape index (κ3) is 3.42. The van der Waals surface area contributed by atoms with Gasteiger partial charge in [0.05, 0.1) is 9.52 Å². The Hall–Kier alpha value is -0.346. The molecule has 0 amide bonds. The lowest BCUT2D eigenvalue weighted by Crippen LogP contribution is -2.36. The molecule has 14 heavy (non-hydrogen) atoms. The molecule has 0 bridgehead atoms. The molecule has 1 rings (SSSR count).